The molecule has 36 heavy (non-hydrogen) atoms. The lowest BCUT2D eigenvalue weighted by molar-refractivity contribution is -0.142. The number of aryl methyl sites for hydroxylation is 1. The Kier molecular flexibility index (Phi) is 7.68. The van der Waals surface area contributed by atoms with E-state index < -0.39 is 18.6 Å². The monoisotopic (exact) mass is 502 g/mol. The van der Waals surface area contributed by atoms with E-state index in [9.17, 15) is 18.4 Å². The fourth-order valence-electron chi connectivity index (χ4n) is 3.26. The minimum Gasteiger partial charge on any atom is -0.488 e. The summed E-state index contributed by atoms with van der Waals surface area (Å²) in [5.41, 5.74) is 0.357. The zero-order valence-electron chi connectivity index (χ0n) is 19.6. The number of carbonyl (C=O) groups is 2. The number of hydrogen-bond acceptors (Lipinski definition) is 8. The first kappa shape index (κ1) is 25.0. The molecule has 1 atom stereocenters. The molecule has 190 valence electrons. The van der Waals surface area contributed by atoms with Crippen LogP contribution in [-0.2, 0) is 11.8 Å². The van der Waals surface area contributed by atoms with Crippen LogP contribution in [0.5, 0.6) is 17.4 Å². The minimum atomic E-state index is -2.93. The predicted octanol–water partition coefficient (Wildman–Crippen LogP) is 3.11. The predicted molar refractivity (Wildman–Crippen MR) is 122 cm³/mol. The van der Waals surface area contributed by atoms with Crippen molar-refractivity contribution in [3.05, 3.63) is 54.1 Å². The molecule has 4 rings (SSSR count). The van der Waals surface area contributed by atoms with Crippen molar-refractivity contribution in [1.82, 2.24) is 24.6 Å². The van der Waals surface area contributed by atoms with Gasteiger partial charge in [0.1, 0.15) is 23.3 Å². The zero-order valence-corrected chi connectivity index (χ0v) is 19.6. The van der Waals surface area contributed by atoms with E-state index in [1.165, 1.54) is 35.3 Å². The van der Waals surface area contributed by atoms with E-state index in [0.717, 1.165) is 6.42 Å². The Bertz CT molecular complexity index is 1220. The van der Waals surface area contributed by atoms with E-state index in [1.807, 2.05) is 0 Å². The molecule has 0 saturated carbocycles. The maximum absolute atomic E-state index is 12.8. The summed E-state index contributed by atoms with van der Waals surface area (Å²) in [6.45, 7) is -0.371. The second-order valence-electron chi connectivity index (χ2n) is 8.03. The lowest BCUT2D eigenvalue weighted by atomic mass is 10.2. The zero-order chi connectivity index (χ0) is 25.7. The Morgan fingerprint density at radius 1 is 1.14 bits per heavy atom. The number of rotatable bonds is 10. The van der Waals surface area contributed by atoms with Crippen molar-refractivity contribution in [3.63, 3.8) is 0 Å². The normalized spacial score (nSPS) is 13.8. The van der Waals surface area contributed by atoms with Crippen molar-refractivity contribution in [2.24, 2.45) is 7.05 Å². The number of halogens is 2. The van der Waals surface area contributed by atoms with Crippen LogP contribution >= 0.6 is 0 Å². The molecule has 13 heteroatoms. The van der Waals surface area contributed by atoms with Gasteiger partial charge in [0.15, 0.2) is 5.82 Å². The van der Waals surface area contributed by atoms with Crippen LogP contribution in [0.25, 0.3) is 0 Å². The molecular formula is C23H24F2N6O5. The maximum atomic E-state index is 12.8. The molecule has 1 saturated heterocycles. The third-order valence-corrected chi connectivity index (χ3v) is 5.10. The van der Waals surface area contributed by atoms with Gasteiger partial charge in [-0.2, -0.15) is 13.9 Å². The Morgan fingerprint density at radius 3 is 2.53 bits per heavy atom. The number of carbonyl (C=O) groups excluding carboxylic acids is 2. The number of amides is 2. The van der Waals surface area contributed by atoms with Gasteiger partial charge in [0, 0.05) is 44.0 Å². The molecule has 1 aliphatic rings. The minimum absolute atomic E-state index is 0.0810. The molecule has 0 spiro atoms. The highest BCUT2D eigenvalue weighted by Gasteiger charge is 2.23. The molecule has 1 fully saturated rings. The lowest BCUT2D eigenvalue weighted by Gasteiger charge is -2.30. The van der Waals surface area contributed by atoms with Crippen LogP contribution in [0.1, 0.15) is 34.2 Å². The highest BCUT2D eigenvalue weighted by Crippen LogP contribution is 2.28. The Morgan fingerprint density at radius 2 is 1.92 bits per heavy atom. The summed E-state index contributed by atoms with van der Waals surface area (Å²) >= 11 is 0. The molecule has 1 unspecified atom stereocenters. The topological polar surface area (TPSA) is 121 Å². The molecule has 1 N–H and O–H groups in total. The van der Waals surface area contributed by atoms with Gasteiger partial charge in [-0.05, 0) is 25.5 Å². The van der Waals surface area contributed by atoms with Crippen molar-refractivity contribution >= 4 is 17.6 Å². The second kappa shape index (κ2) is 11.1. The molecule has 3 aromatic rings. The summed E-state index contributed by atoms with van der Waals surface area (Å²) in [4.78, 5) is 35.0. The SMILES string of the molecule is CC(COC(F)F)Oc1cc(Oc2cnc(C(=O)N3CCC3)cn2)cc(C(=O)Nc2ccn(C)n2)c1. The summed E-state index contributed by atoms with van der Waals surface area (Å²) in [5.74, 6) is 0.0744. The van der Waals surface area contributed by atoms with Crippen LogP contribution in [0.3, 0.4) is 0 Å². The number of hydrogen-bond donors (Lipinski definition) is 1. The van der Waals surface area contributed by atoms with E-state index in [4.69, 9.17) is 9.47 Å². The summed E-state index contributed by atoms with van der Waals surface area (Å²) in [7, 11) is 1.71. The first-order valence-corrected chi connectivity index (χ1v) is 11.1. The number of nitrogens with zero attached hydrogens (tertiary/aromatic N) is 5. The molecule has 11 nitrogen and oxygen atoms in total. The molecule has 1 aliphatic heterocycles. The summed E-state index contributed by atoms with van der Waals surface area (Å²) in [5, 5.41) is 6.76. The number of benzene rings is 1. The van der Waals surface area contributed by atoms with Gasteiger partial charge in [0.25, 0.3) is 11.8 Å². The van der Waals surface area contributed by atoms with Crippen molar-refractivity contribution < 1.29 is 32.6 Å². The number of likely N-dealkylation sites (tertiary alicyclic amines) is 1. The largest absolute Gasteiger partial charge is 0.488 e. The third kappa shape index (κ3) is 6.50. The molecular weight excluding hydrogens is 478 g/mol. The Labute approximate surface area is 205 Å². The molecule has 1 aromatic carbocycles. The van der Waals surface area contributed by atoms with Gasteiger partial charge in [0.2, 0.25) is 5.88 Å². The van der Waals surface area contributed by atoms with Crippen molar-refractivity contribution in [2.75, 3.05) is 25.0 Å². The molecule has 0 aliphatic carbocycles. The van der Waals surface area contributed by atoms with E-state index >= 15 is 0 Å². The summed E-state index contributed by atoms with van der Waals surface area (Å²) < 4.78 is 42.0. The van der Waals surface area contributed by atoms with Crippen molar-refractivity contribution in [1.29, 1.82) is 0 Å². The number of nitrogens with one attached hydrogen (secondary N) is 1. The van der Waals surface area contributed by atoms with Gasteiger partial charge in [-0.15, -0.1) is 0 Å². The average Bonchev–Trinajstić information content (AvgIpc) is 3.21. The van der Waals surface area contributed by atoms with Gasteiger partial charge < -0.3 is 24.4 Å². The molecule has 2 amide bonds. The standard InChI is InChI=1S/C23H24F2N6O5/c1-14(13-34-23(24)25)35-16-8-15(21(32)28-19-4-7-30(2)29-19)9-17(10-16)36-20-12-26-18(11-27-20)22(33)31-5-3-6-31/h4,7-12,14,23H,3,5-6,13H2,1-2H3,(H,28,29,32). The van der Waals surface area contributed by atoms with Crippen molar-refractivity contribution in [2.45, 2.75) is 26.1 Å². The molecule has 0 bridgehead atoms. The van der Waals surface area contributed by atoms with E-state index in [2.05, 4.69) is 25.1 Å². The van der Waals surface area contributed by atoms with Gasteiger partial charge in [-0.1, -0.05) is 0 Å². The fourth-order valence-corrected chi connectivity index (χ4v) is 3.26. The molecule has 3 heterocycles. The van der Waals surface area contributed by atoms with Crippen LogP contribution < -0.4 is 14.8 Å². The summed E-state index contributed by atoms with van der Waals surface area (Å²) in [6.07, 6.45) is 4.50. The Balaban J connectivity index is 1.52. The highest BCUT2D eigenvalue weighted by molar-refractivity contribution is 6.04. The first-order chi connectivity index (χ1) is 17.3. The number of aromatic nitrogens is 4. The smallest absolute Gasteiger partial charge is 0.345 e. The van der Waals surface area contributed by atoms with Crippen LogP contribution in [0.4, 0.5) is 14.6 Å². The highest BCUT2D eigenvalue weighted by atomic mass is 19.3. The van der Waals surface area contributed by atoms with E-state index in [0.29, 0.717) is 18.9 Å². The van der Waals surface area contributed by atoms with Crippen LogP contribution in [-0.4, -0.2) is 68.9 Å². The van der Waals surface area contributed by atoms with Crippen LogP contribution in [0, 0.1) is 0 Å². The first-order valence-electron chi connectivity index (χ1n) is 11.1. The second-order valence-corrected chi connectivity index (χ2v) is 8.03. The van der Waals surface area contributed by atoms with Crippen molar-refractivity contribution in [3.8, 4) is 17.4 Å². The fraction of sp³-hybridized carbons (Fsp3) is 0.348. The number of ether oxygens (including phenoxy) is 3. The quantitative estimate of drug-likeness (QED) is 0.449. The van der Waals surface area contributed by atoms with Gasteiger partial charge in [-0.25, -0.2) is 9.97 Å². The average molecular weight is 502 g/mol. The van der Waals surface area contributed by atoms with E-state index in [-0.39, 0.29) is 41.2 Å². The van der Waals surface area contributed by atoms with Gasteiger partial charge in [0.05, 0.1) is 19.0 Å². The van der Waals surface area contributed by atoms with E-state index in [1.54, 1.807) is 31.1 Å². The molecule has 2 aromatic heterocycles. The number of anilines is 1. The number of alkyl halides is 2. The molecule has 0 radical (unpaired) electrons. The Hall–Kier alpha value is -4.13. The van der Waals surface area contributed by atoms with Gasteiger partial charge >= 0.3 is 6.61 Å². The van der Waals surface area contributed by atoms with Gasteiger partial charge in [-0.3, -0.25) is 14.3 Å². The summed E-state index contributed by atoms with van der Waals surface area (Å²) in [6, 6.07) is 5.98. The van der Waals surface area contributed by atoms with Crippen LogP contribution in [0.2, 0.25) is 0 Å². The lowest BCUT2D eigenvalue weighted by Crippen LogP contribution is -2.42. The third-order valence-electron chi connectivity index (χ3n) is 5.10. The maximum Gasteiger partial charge on any atom is 0.345 e. The van der Waals surface area contributed by atoms with Crippen LogP contribution in [0.15, 0.2) is 42.9 Å².